The number of rotatable bonds is 3. The van der Waals surface area contributed by atoms with E-state index in [2.05, 4.69) is 27.8 Å². The molecule has 1 aromatic carbocycles. The smallest absolute Gasteiger partial charge is 0.0981 e. The third-order valence-electron chi connectivity index (χ3n) is 3.47. The molecule has 0 aliphatic carbocycles. The molecule has 1 aliphatic rings. The van der Waals surface area contributed by atoms with E-state index in [1.807, 2.05) is 18.2 Å². The Morgan fingerprint density at radius 2 is 2.26 bits per heavy atom. The number of ether oxygens (including phenoxy) is 1. The van der Waals surface area contributed by atoms with E-state index >= 15 is 0 Å². The number of hydrogen-bond acceptors (Lipinski definition) is 4. The highest BCUT2D eigenvalue weighted by Crippen LogP contribution is 2.32. The fraction of sp³-hybridized carbons (Fsp3) is 0.571. The third kappa shape index (κ3) is 3.28. The van der Waals surface area contributed by atoms with Crippen molar-refractivity contribution in [2.75, 3.05) is 24.7 Å². The monoisotopic (exact) mass is 329 g/mol. The number of nitrogens with zero attached hydrogens (tertiary/aromatic N) is 1. The van der Waals surface area contributed by atoms with Crippen molar-refractivity contribution in [3.8, 4) is 0 Å². The van der Waals surface area contributed by atoms with E-state index < -0.39 is 6.10 Å². The summed E-state index contributed by atoms with van der Waals surface area (Å²) in [6, 6.07) is 6.14. The molecule has 1 aliphatic heterocycles. The molecule has 5 heteroatoms. The summed E-state index contributed by atoms with van der Waals surface area (Å²) in [6.07, 6.45) is -0.614. The van der Waals surface area contributed by atoms with Crippen molar-refractivity contribution in [1.82, 2.24) is 0 Å². The van der Waals surface area contributed by atoms with Crippen LogP contribution >= 0.6 is 15.9 Å². The van der Waals surface area contributed by atoms with Crippen LogP contribution in [0.2, 0.25) is 0 Å². The molecule has 0 radical (unpaired) electrons. The van der Waals surface area contributed by atoms with E-state index in [-0.39, 0.29) is 18.8 Å². The van der Waals surface area contributed by atoms with Crippen molar-refractivity contribution in [2.45, 2.75) is 32.1 Å². The van der Waals surface area contributed by atoms with Crippen molar-refractivity contribution in [3.05, 3.63) is 28.2 Å². The lowest BCUT2D eigenvalue weighted by atomic mass is 10.1. The highest BCUT2D eigenvalue weighted by molar-refractivity contribution is 9.10. The van der Waals surface area contributed by atoms with Crippen LogP contribution in [0.3, 0.4) is 0 Å². The van der Waals surface area contributed by atoms with Crippen LogP contribution in [0.4, 0.5) is 5.69 Å². The first-order valence-electron chi connectivity index (χ1n) is 6.49. The molecule has 3 atom stereocenters. The summed E-state index contributed by atoms with van der Waals surface area (Å²) >= 11 is 3.56. The summed E-state index contributed by atoms with van der Waals surface area (Å²) in [5.41, 5.74) is 1.95. The van der Waals surface area contributed by atoms with Gasteiger partial charge in [-0.05, 0) is 47.5 Å². The topological polar surface area (TPSA) is 52.9 Å². The number of anilines is 1. The number of aliphatic hydroxyl groups excluding tert-OH is 2. The lowest BCUT2D eigenvalue weighted by Crippen LogP contribution is -2.49. The first-order valence-corrected chi connectivity index (χ1v) is 7.28. The van der Waals surface area contributed by atoms with Gasteiger partial charge in [0.1, 0.15) is 0 Å². The molecule has 2 unspecified atom stereocenters. The van der Waals surface area contributed by atoms with Gasteiger partial charge in [-0.15, -0.1) is 0 Å². The second kappa shape index (κ2) is 6.22. The second-order valence-electron chi connectivity index (χ2n) is 5.03. The van der Waals surface area contributed by atoms with Crippen molar-refractivity contribution >= 4 is 21.6 Å². The summed E-state index contributed by atoms with van der Waals surface area (Å²) in [5.74, 6) is 0. The minimum atomic E-state index is -0.474. The van der Waals surface area contributed by atoms with Crippen molar-refractivity contribution < 1.29 is 14.9 Å². The average molecular weight is 330 g/mol. The van der Waals surface area contributed by atoms with Gasteiger partial charge in [0, 0.05) is 17.1 Å². The molecular weight excluding hydrogens is 310 g/mol. The van der Waals surface area contributed by atoms with Crippen LogP contribution in [0.1, 0.15) is 25.5 Å². The minimum Gasteiger partial charge on any atom is -0.394 e. The lowest BCUT2D eigenvalue weighted by Gasteiger charge is -2.39. The van der Waals surface area contributed by atoms with Crippen LogP contribution in [0.15, 0.2) is 22.7 Å². The average Bonchev–Trinajstić information content (AvgIpc) is 2.39. The lowest BCUT2D eigenvalue weighted by molar-refractivity contribution is -0.0103. The van der Waals surface area contributed by atoms with Gasteiger partial charge in [-0.25, -0.2) is 0 Å². The summed E-state index contributed by atoms with van der Waals surface area (Å²) in [7, 11) is 0. The first-order chi connectivity index (χ1) is 9.02. The Balaban J connectivity index is 2.24. The Morgan fingerprint density at radius 1 is 1.53 bits per heavy atom. The first kappa shape index (κ1) is 14.8. The highest BCUT2D eigenvalue weighted by atomic mass is 79.9. The number of benzene rings is 1. The fourth-order valence-electron chi connectivity index (χ4n) is 2.28. The van der Waals surface area contributed by atoms with E-state index in [0.29, 0.717) is 13.2 Å². The molecule has 0 spiro atoms. The Bertz CT molecular complexity index is 439. The largest absolute Gasteiger partial charge is 0.394 e. The fourth-order valence-corrected chi connectivity index (χ4v) is 2.90. The van der Waals surface area contributed by atoms with Gasteiger partial charge in [-0.3, -0.25) is 0 Å². The molecule has 2 N–H and O–H groups in total. The van der Waals surface area contributed by atoms with E-state index in [4.69, 9.17) is 4.74 Å². The van der Waals surface area contributed by atoms with Gasteiger partial charge in [0.05, 0.1) is 31.1 Å². The van der Waals surface area contributed by atoms with Gasteiger partial charge in [-0.2, -0.15) is 0 Å². The molecule has 1 saturated heterocycles. The van der Waals surface area contributed by atoms with Crippen molar-refractivity contribution in [3.63, 3.8) is 0 Å². The van der Waals surface area contributed by atoms with Crippen molar-refractivity contribution in [2.24, 2.45) is 0 Å². The molecule has 0 saturated carbocycles. The SMILES string of the molecule is CC1COC(CO)CN1c1ccc([C@@H](C)O)cc1Br. The molecule has 19 heavy (non-hydrogen) atoms. The summed E-state index contributed by atoms with van der Waals surface area (Å²) in [4.78, 5) is 2.22. The number of aliphatic hydroxyl groups is 2. The summed E-state index contributed by atoms with van der Waals surface area (Å²) in [5, 5.41) is 18.8. The van der Waals surface area contributed by atoms with E-state index in [9.17, 15) is 10.2 Å². The molecule has 0 aromatic heterocycles. The quantitative estimate of drug-likeness (QED) is 0.891. The normalized spacial score (nSPS) is 25.4. The Kier molecular flexibility index (Phi) is 4.84. The predicted molar refractivity (Wildman–Crippen MR) is 78.4 cm³/mol. The van der Waals surface area contributed by atoms with Crippen molar-refractivity contribution in [1.29, 1.82) is 0 Å². The van der Waals surface area contributed by atoms with Gasteiger partial charge in [0.25, 0.3) is 0 Å². The predicted octanol–water partition coefficient (Wildman–Crippen LogP) is 2.09. The zero-order valence-electron chi connectivity index (χ0n) is 11.2. The Hall–Kier alpha value is -0.620. The molecule has 1 aromatic rings. The summed E-state index contributed by atoms with van der Waals surface area (Å²) < 4.78 is 6.50. The van der Waals surface area contributed by atoms with Crippen LogP contribution in [-0.4, -0.2) is 42.1 Å². The molecular formula is C14H20BrNO3. The second-order valence-corrected chi connectivity index (χ2v) is 5.88. The van der Waals surface area contributed by atoms with E-state index in [0.717, 1.165) is 15.7 Å². The molecule has 1 fully saturated rings. The van der Waals surface area contributed by atoms with Gasteiger partial charge in [-0.1, -0.05) is 6.07 Å². The van der Waals surface area contributed by atoms with Gasteiger partial charge < -0.3 is 19.8 Å². The molecule has 1 heterocycles. The number of morpholine rings is 1. The zero-order valence-corrected chi connectivity index (χ0v) is 12.8. The number of halogens is 1. The molecule has 2 rings (SSSR count). The van der Waals surface area contributed by atoms with Crippen LogP contribution < -0.4 is 4.90 Å². The maximum absolute atomic E-state index is 9.59. The van der Waals surface area contributed by atoms with Gasteiger partial charge in [0.2, 0.25) is 0 Å². The molecule has 0 amide bonds. The Morgan fingerprint density at radius 3 is 2.84 bits per heavy atom. The van der Waals surface area contributed by atoms with Gasteiger partial charge in [0.15, 0.2) is 0 Å². The molecule has 106 valence electrons. The zero-order chi connectivity index (χ0) is 14.0. The number of hydrogen-bond donors (Lipinski definition) is 2. The Labute approximate surface area is 122 Å². The van der Waals surface area contributed by atoms with Crippen LogP contribution in [0.25, 0.3) is 0 Å². The maximum Gasteiger partial charge on any atom is 0.0981 e. The van der Waals surface area contributed by atoms with Crippen LogP contribution in [0.5, 0.6) is 0 Å². The van der Waals surface area contributed by atoms with Gasteiger partial charge >= 0.3 is 0 Å². The van der Waals surface area contributed by atoms with E-state index in [1.54, 1.807) is 6.92 Å². The molecule has 0 bridgehead atoms. The van der Waals surface area contributed by atoms with Crippen LogP contribution in [-0.2, 0) is 4.74 Å². The third-order valence-corrected chi connectivity index (χ3v) is 4.11. The van der Waals surface area contributed by atoms with Crippen LogP contribution in [0, 0.1) is 0 Å². The van der Waals surface area contributed by atoms with E-state index in [1.165, 1.54) is 0 Å². The summed E-state index contributed by atoms with van der Waals surface area (Å²) in [6.45, 7) is 5.16. The highest BCUT2D eigenvalue weighted by Gasteiger charge is 2.27. The maximum atomic E-state index is 9.59. The molecule has 4 nitrogen and oxygen atoms in total. The minimum absolute atomic E-state index is 0.0343. The standard InChI is InChI=1S/C14H20BrNO3/c1-9-8-19-12(7-17)6-16(9)14-4-3-11(10(2)18)5-13(14)15/h3-5,9-10,12,17-18H,6-8H2,1-2H3/t9?,10-,12?/m1/s1.